The Labute approximate surface area is 155 Å². The van der Waals surface area contributed by atoms with Crippen LogP contribution in [0.15, 0.2) is 48.5 Å². The molecule has 134 valence electrons. The number of rotatable bonds is 5. The monoisotopic (exact) mass is 346 g/mol. The summed E-state index contributed by atoms with van der Waals surface area (Å²) in [5.74, 6) is 0.936. The van der Waals surface area contributed by atoms with Crippen LogP contribution in [0.2, 0.25) is 0 Å². The van der Waals surface area contributed by atoms with Crippen molar-refractivity contribution in [1.82, 2.24) is 0 Å². The second kappa shape index (κ2) is 6.83. The van der Waals surface area contributed by atoms with Gasteiger partial charge in [0.05, 0.1) is 5.92 Å². The number of benzene rings is 2. The number of ketones is 2. The van der Waals surface area contributed by atoms with E-state index in [0.717, 1.165) is 17.5 Å². The summed E-state index contributed by atoms with van der Waals surface area (Å²) in [6.07, 6.45) is 4.67. The van der Waals surface area contributed by atoms with Crippen molar-refractivity contribution in [2.45, 2.75) is 39.5 Å². The van der Waals surface area contributed by atoms with Gasteiger partial charge in [-0.3, -0.25) is 9.59 Å². The summed E-state index contributed by atoms with van der Waals surface area (Å²) in [5, 5.41) is 0. The van der Waals surface area contributed by atoms with Gasteiger partial charge in [-0.1, -0.05) is 66.1 Å². The van der Waals surface area contributed by atoms with Crippen molar-refractivity contribution in [3.05, 3.63) is 70.8 Å². The highest BCUT2D eigenvalue weighted by Gasteiger charge is 2.47. The van der Waals surface area contributed by atoms with Crippen LogP contribution < -0.4 is 0 Å². The average Bonchev–Trinajstić information content (AvgIpc) is 3.26. The molecule has 2 aromatic carbocycles. The van der Waals surface area contributed by atoms with E-state index >= 15 is 0 Å². The minimum Gasteiger partial charge on any atom is -0.293 e. The molecule has 2 nitrogen and oxygen atoms in total. The van der Waals surface area contributed by atoms with Crippen LogP contribution in [-0.4, -0.2) is 11.6 Å². The van der Waals surface area contributed by atoms with E-state index in [-0.39, 0.29) is 17.5 Å². The Hall–Kier alpha value is -2.22. The molecule has 2 heteroatoms. The number of fused-ring (bicyclic) bond motifs is 2. The third-order valence-electron chi connectivity index (χ3n) is 6.46. The van der Waals surface area contributed by atoms with Gasteiger partial charge in [-0.15, -0.1) is 0 Å². The van der Waals surface area contributed by atoms with E-state index in [0.29, 0.717) is 23.0 Å². The largest absolute Gasteiger partial charge is 0.293 e. The molecule has 0 saturated heterocycles. The van der Waals surface area contributed by atoms with Gasteiger partial charge in [0.15, 0.2) is 11.6 Å². The summed E-state index contributed by atoms with van der Waals surface area (Å²) in [7, 11) is 0. The Balaban J connectivity index is 1.69. The van der Waals surface area contributed by atoms with Gasteiger partial charge >= 0.3 is 0 Å². The molecule has 2 bridgehead atoms. The maximum absolute atomic E-state index is 13.4. The molecule has 2 aliphatic rings. The Kier molecular flexibility index (Phi) is 4.52. The molecule has 0 spiro atoms. The number of carbonyl (C=O) groups is 2. The highest BCUT2D eigenvalue weighted by atomic mass is 16.2. The minimum absolute atomic E-state index is 0.00752. The second-order valence-electron chi connectivity index (χ2n) is 8.28. The van der Waals surface area contributed by atoms with Crippen LogP contribution in [-0.2, 0) is 0 Å². The Morgan fingerprint density at radius 2 is 1.27 bits per heavy atom. The van der Waals surface area contributed by atoms with Crippen LogP contribution in [0, 0.1) is 37.5 Å². The first kappa shape index (κ1) is 17.2. The fourth-order valence-electron chi connectivity index (χ4n) is 5.00. The highest BCUT2D eigenvalue weighted by Crippen LogP contribution is 2.52. The molecule has 0 aromatic heterocycles. The Morgan fingerprint density at radius 1 is 0.769 bits per heavy atom. The van der Waals surface area contributed by atoms with E-state index in [4.69, 9.17) is 0 Å². The molecule has 0 heterocycles. The van der Waals surface area contributed by atoms with Crippen LogP contribution in [0.25, 0.3) is 0 Å². The van der Waals surface area contributed by atoms with Gasteiger partial charge in [0.25, 0.3) is 0 Å². The van der Waals surface area contributed by atoms with Gasteiger partial charge in [-0.05, 0) is 50.9 Å². The number of aryl methyl sites for hydroxylation is 2. The smallest absolute Gasteiger partial charge is 0.173 e. The normalized spacial score (nSPS) is 24.2. The number of carbonyl (C=O) groups excluding carboxylic acids is 2. The van der Waals surface area contributed by atoms with E-state index in [1.165, 1.54) is 19.3 Å². The summed E-state index contributed by atoms with van der Waals surface area (Å²) in [6.45, 7) is 4.03. The summed E-state index contributed by atoms with van der Waals surface area (Å²) >= 11 is 0. The molecule has 26 heavy (non-hydrogen) atoms. The second-order valence-corrected chi connectivity index (χ2v) is 8.28. The lowest BCUT2D eigenvalue weighted by Crippen LogP contribution is -2.34. The zero-order valence-corrected chi connectivity index (χ0v) is 15.6. The topological polar surface area (TPSA) is 34.1 Å². The maximum atomic E-state index is 13.4. The lowest BCUT2D eigenvalue weighted by atomic mass is 9.73. The molecule has 4 rings (SSSR count). The molecule has 0 radical (unpaired) electrons. The van der Waals surface area contributed by atoms with E-state index in [1.807, 2.05) is 62.4 Å². The predicted octanol–water partition coefficient (Wildman–Crippen LogP) is 5.42. The van der Waals surface area contributed by atoms with Crippen molar-refractivity contribution in [2.75, 3.05) is 0 Å². The van der Waals surface area contributed by atoms with E-state index in [1.54, 1.807) is 0 Å². The molecule has 0 N–H and O–H groups in total. The van der Waals surface area contributed by atoms with Gasteiger partial charge in [-0.2, -0.15) is 0 Å². The Morgan fingerprint density at radius 3 is 1.65 bits per heavy atom. The van der Waals surface area contributed by atoms with Crippen molar-refractivity contribution >= 4 is 11.6 Å². The molecule has 0 amide bonds. The van der Waals surface area contributed by atoms with Crippen molar-refractivity contribution in [3.8, 4) is 0 Å². The van der Waals surface area contributed by atoms with Crippen LogP contribution in [0.1, 0.15) is 57.5 Å². The average molecular weight is 346 g/mol. The van der Waals surface area contributed by atoms with Crippen LogP contribution in [0.3, 0.4) is 0 Å². The lowest BCUT2D eigenvalue weighted by molar-refractivity contribution is 0.0709. The molecule has 2 aliphatic carbocycles. The lowest BCUT2D eigenvalue weighted by Gasteiger charge is -2.29. The number of hydrogen-bond acceptors (Lipinski definition) is 2. The zero-order valence-electron chi connectivity index (χ0n) is 15.6. The van der Waals surface area contributed by atoms with Crippen LogP contribution in [0.4, 0.5) is 0 Å². The number of hydrogen-bond donors (Lipinski definition) is 0. The molecule has 3 unspecified atom stereocenters. The molecular weight excluding hydrogens is 320 g/mol. The van der Waals surface area contributed by atoms with Crippen molar-refractivity contribution < 1.29 is 9.59 Å². The summed E-state index contributed by atoms with van der Waals surface area (Å²) in [6, 6.07) is 15.3. The zero-order chi connectivity index (χ0) is 18.3. The third kappa shape index (κ3) is 3.13. The first-order valence-corrected chi connectivity index (χ1v) is 9.74. The quantitative estimate of drug-likeness (QED) is 0.535. The summed E-state index contributed by atoms with van der Waals surface area (Å²) in [4.78, 5) is 26.8. The summed E-state index contributed by atoms with van der Waals surface area (Å²) < 4.78 is 0. The SMILES string of the molecule is Cc1ccc(C(=O)C(C(=O)c2ccc(C)cc2)C2CC3CCC2C3)cc1. The van der Waals surface area contributed by atoms with Gasteiger partial charge in [0.1, 0.15) is 0 Å². The van der Waals surface area contributed by atoms with Crippen molar-refractivity contribution in [2.24, 2.45) is 23.7 Å². The summed E-state index contributed by atoms with van der Waals surface area (Å²) in [5.41, 5.74) is 3.60. The van der Waals surface area contributed by atoms with E-state index in [2.05, 4.69) is 0 Å². The van der Waals surface area contributed by atoms with E-state index in [9.17, 15) is 9.59 Å². The molecule has 2 fully saturated rings. The van der Waals surface area contributed by atoms with Crippen molar-refractivity contribution in [3.63, 3.8) is 0 Å². The maximum Gasteiger partial charge on any atom is 0.173 e. The van der Waals surface area contributed by atoms with Crippen LogP contribution >= 0.6 is 0 Å². The van der Waals surface area contributed by atoms with Gasteiger partial charge < -0.3 is 0 Å². The van der Waals surface area contributed by atoms with Gasteiger partial charge in [0, 0.05) is 11.1 Å². The minimum atomic E-state index is -0.532. The van der Waals surface area contributed by atoms with E-state index < -0.39 is 5.92 Å². The molecule has 2 saturated carbocycles. The molecule has 0 aliphatic heterocycles. The first-order valence-electron chi connectivity index (χ1n) is 9.74. The fraction of sp³-hybridized carbons (Fsp3) is 0.417. The van der Waals surface area contributed by atoms with Gasteiger partial charge in [-0.25, -0.2) is 0 Å². The van der Waals surface area contributed by atoms with Crippen molar-refractivity contribution in [1.29, 1.82) is 0 Å². The predicted molar refractivity (Wildman–Crippen MR) is 103 cm³/mol. The Bertz CT molecular complexity index is 759. The standard InChI is InChI=1S/C24H26O2/c1-15-3-8-18(9-4-15)23(25)22(21-14-17-7-12-20(21)13-17)24(26)19-10-5-16(2)6-11-19/h3-6,8-11,17,20-22H,7,12-14H2,1-2H3. The number of Topliss-reactive ketones (excluding diaryl/α,β-unsaturated/α-hetero) is 2. The molecule has 3 atom stereocenters. The highest BCUT2D eigenvalue weighted by molar-refractivity contribution is 6.16. The fourth-order valence-corrected chi connectivity index (χ4v) is 5.00. The third-order valence-corrected chi connectivity index (χ3v) is 6.46. The first-order chi connectivity index (χ1) is 12.5. The van der Waals surface area contributed by atoms with Gasteiger partial charge in [0.2, 0.25) is 0 Å². The van der Waals surface area contributed by atoms with Crippen LogP contribution in [0.5, 0.6) is 0 Å². The molecular formula is C24H26O2. The molecule has 2 aromatic rings.